The molecule has 0 aliphatic carbocycles. The van der Waals surface area contributed by atoms with E-state index in [1.54, 1.807) is 0 Å². The molecule has 0 fully saturated rings. The number of nitrogens with one attached hydrogen (secondary N) is 1. The zero-order valence-electron chi connectivity index (χ0n) is 11.9. The molecule has 3 rings (SSSR count). The summed E-state index contributed by atoms with van der Waals surface area (Å²) < 4.78 is 13.4. The number of hydrogen-bond acceptors (Lipinski definition) is 1. The Morgan fingerprint density at radius 2 is 1.71 bits per heavy atom. The van der Waals surface area contributed by atoms with Crippen LogP contribution in [0.2, 0.25) is 0 Å². The maximum absolute atomic E-state index is 13.4. The number of benzene rings is 3. The number of aryl methyl sites for hydroxylation is 1. The zero-order valence-corrected chi connectivity index (χ0v) is 11.9. The van der Waals surface area contributed by atoms with Crippen molar-refractivity contribution < 1.29 is 4.39 Å². The molecular weight excluding hydrogens is 261 g/mol. The molecule has 0 saturated carbocycles. The van der Waals surface area contributed by atoms with E-state index in [0.717, 1.165) is 11.1 Å². The molecule has 21 heavy (non-hydrogen) atoms. The first-order chi connectivity index (χ1) is 10.1. The molecule has 0 saturated heterocycles. The van der Waals surface area contributed by atoms with Crippen molar-refractivity contribution in [3.63, 3.8) is 0 Å². The van der Waals surface area contributed by atoms with Crippen molar-refractivity contribution in [1.29, 1.82) is 5.41 Å². The second kappa shape index (κ2) is 5.49. The SMILES string of the molecule is Cc1cc(F)cc(C(=N)Cc2ccc3ccccc3c2)c1. The van der Waals surface area contributed by atoms with Crippen LogP contribution in [0.5, 0.6) is 0 Å². The standard InChI is InChI=1S/C19H16FN/c1-13-8-17(12-18(20)9-13)19(21)11-14-6-7-15-4-2-3-5-16(15)10-14/h2-10,12,21H,11H2,1H3. The summed E-state index contributed by atoms with van der Waals surface area (Å²) in [7, 11) is 0. The Hall–Kier alpha value is -2.48. The highest BCUT2D eigenvalue weighted by Gasteiger charge is 2.06. The fourth-order valence-electron chi connectivity index (χ4n) is 2.57. The lowest BCUT2D eigenvalue weighted by Gasteiger charge is -2.07. The number of halogens is 1. The van der Waals surface area contributed by atoms with Gasteiger partial charge in [0.25, 0.3) is 0 Å². The Morgan fingerprint density at radius 1 is 0.952 bits per heavy atom. The van der Waals surface area contributed by atoms with Crippen molar-refractivity contribution in [3.05, 3.63) is 83.2 Å². The van der Waals surface area contributed by atoms with Crippen LogP contribution in [-0.4, -0.2) is 5.71 Å². The molecule has 2 heteroatoms. The van der Waals surface area contributed by atoms with E-state index in [9.17, 15) is 4.39 Å². The molecule has 0 spiro atoms. The molecule has 0 amide bonds. The summed E-state index contributed by atoms with van der Waals surface area (Å²) in [6.45, 7) is 1.84. The summed E-state index contributed by atoms with van der Waals surface area (Å²) in [6, 6.07) is 19.1. The average molecular weight is 277 g/mol. The second-order valence-corrected chi connectivity index (χ2v) is 5.35. The van der Waals surface area contributed by atoms with Gasteiger partial charge >= 0.3 is 0 Å². The Kier molecular flexibility index (Phi) is 3.53. The predicted octanol–water partition coefficient (Wildman–Crippen LogP) is 4.90. The Labute approximate surface area is 123 Å². The molecule has 0 aromatic heterocycles. The van der Waals surface area contributed by atoms with Gasteiger partial charge in [0.15, 0.2) is 0 Å². The van der Waals surface area contributed by atoms with Crippen molar-refractivity contribution in [3.8, 4) is 0 Å². The number of fused-ring (bicyclic) bond motifs is 1. The lowest BCUT2D eigenvalue weighted by atomic mass is 9.98. The van der Waals surface area contributed by atoms with E-state index in [1.165, 1.54) is 22.9 Å². The smallest absolute Gasteiger partial charge is 0.124 e. The van der Waals surface area contributed by atoms with Crippen molar-refractivity contribution in [2.24, 2.45) is 0 Å². The second-order valence-electron chi connectivity index (χ2n) is 5.35. The van der Waals surface area contributed by atoms with Crippen molar-refractivity contribution in [1.82, 2.24) is 0 Å². The summed E-state index contributed by atoms with van der Waals surface area (Å²) in [5, 5.41) is 10.6. The largest absolute Gasteiger partial charge is 0.304 e. The van der Waals surface area contributed by atoms with E-state index in [0.29, 0.717) is 17.7 Å². The molecule has 3 aromatic carbocycles. The van der Waals surface area contributed by atoms with Gasteiger partial charge in [0.1, 0.15) is 5.82 Å². The van der Waals surface area contributed by atoms with E-state index < -0.39 is 0 Å². The van der Waals surface area contributed by atoms with Gasteiger partial charge in [-0.25, -0.2) is 4.39 Å². The lowest BCUT2D eigenvalue weighted by molar-refractivity contribution is 0.626. The van der Waals surface area contributed by atoms with E-state index in [4.69, 9.17) is 5.41 Å². The maximum atomic E-state index is 13.4. The minimum atomic E-state index is -0.284. The molecule has 0 radical (unpaired) electrons. The van der Waals surface area contributed by atoms with E-state index in [2.05, 4.69) is 24.3 Å². The van der Waals surface area contributed by atoms with Crippen molar-refractivity contribution in [2.45, 2.75) is 13.3 Å². The lowest BCUT2D eigenvalue weighted by Crippen LogP contribution is -2.04. The zero-order chi connectivity index (χ0) is 14.8. The molecule has 1 nitrogen and oxygen atoms in total. The first kappa shape index (κ1) is 13.5. The van der Waals surface area contributed by atoms with Gasteiger partial charge < -0.3 is 5.41 Å². The van der Waals surface area contributed by atoms with E-state index >= 15 is 0 Å². The summed E-state index contributed by atoms with van der Waals surface area (Å²) in [5.41, 5.74) is 3.00. The molecule has 1 N–H and O–H groups in total. The molecule has 0 heterocycles. The van der Waals surface area contributed by atoms with Crippen LogP contribution in [0.4, 0.5) is 4.39 Å². The number of hydrogen-bond donors (Lipinski definition) is 1. The Bertz CT molecular complexity index is 800. The highest BCUT2D eigenvalue weighted by atomic mass is 19.1. The van der Waals surface area contributed by atoms with Crippen molar-refractivity contribution in [2.75, 3.05) is 0 Å². The van der Waals surface area contributed by atoms with Crippen LogP contribution in [-0.2, 0) is 6.42 Å². The predicted molar refractivity (Wildman–Crippen MR) is 85.6 cm³/mol. The monoisotopic (exact) mass is 277 g/mol. The quantitative estimate of drug-likeness (QED) is 0.658. The normalized spacial score (nSPS) is 10.8. The average Bonchev–Trinajstić information content (AvgIpc) is 2.46. The van der Waals surface area contributed by atoms with Crippen LogP contribution in [0.25, 0.3) is 10.8 Å². The van der Waals surface area contributed by atoms with Gasteiger partial charge in [-0.05, 0) is 46.5 Å². The first-order valence-corrected chi connectivity index (χ1v) is 6.94. The van der Waals surface area contributed by atoms with Gasteiger partial charge in [0, 0.05) is 12.1 Å². The Morgan fingerprint density at radius 3 is 2.48 bits per heavy atom. The van der Waals surface area contributed by atoms with Crippen LogP contribution in [0.3, 0.4) is 0 Å². The Balaban J connectivity index is 1.88. The topological polar surface area (TPSA) is 23.9 Å². The van der Waals surface area contributed by atoms with Crippen LogP contribution in [0.15, 0.2) is 60.7 Å². The maximum Gasteiger partial charge on any atom is 0.124 e. The van der Waals surface area contributed by atoms with Gasteiger partial charge in [-0.1, -0.05) is 48.5 Å². The number of rotatable bonds is 3. The fraction of sp³-hybridized carbons (Fsp3) is 0.105. The molecular formula is C19H16FN. The summed E-state index contributed by atoms with van der Waals surface area (Å²) in [6.07, 6.45) is 0.508. The van der Waals surface area contributed by atoms with Gasteiger partial charge in [0.2, 0.25) is 0 Å². The van der Waals surface area contributed by atoms with Gasteiger partial charge in [0.05, 0.1) is 0 Å². The third-order valence-electron chi connectivity index (χ3n) is 3.59. The fourth-order valence-corrected chi connectivity index (χ4v) is 2.57. The van der Waals surface area contributed by atoms with Crippen LogP contribution in [0.1, 0.15) is 16.7 Å². The minimum Gasteiger partial charge on any atom is -0.304 e. The van der Waals surface area contributed by atoms with Crippen LogP contribution in [0, 0.1) is 18.2 Å². The van der Waals surface area contributed by atoms with Gasteiger partial charge in [-0.2, -0.15) is 0 Å². The van der Waals surface area contributed by atoms with Crippen molar-refractivity contribution >= 4 is 16.5 Å². The van der Waals surface area contributed by atoms with Crippen LogP contribution < -0.4 is 0 Å². The molecule has 104 valence electrons. The summed E-state index contributed by atoms with van der Waals surface area (Å²) in [5.74, 6) is -0.284. The molecule has 0 aliphatic heterocycles. The highest BCUT2D eigenvalue weighted by Crippen LogP contribution is 2.18. The highest BCUT2D eigenvalue weighted by molar-refractivity contribution is 6.00. The summed E-state index contributed by atoms with van der Waals surface area (Å²) >= 11 is 0. The van der Waals surface area contributed by atoms with Gasteiger partial charge in [-0.3, -0.25) is 0 Å². The molecule has 0 bridgehead atoms. The molecule has 0 atom stereocenters. The molecule has 3 aromatic rings. The minimum absolute atomic E-state index is 0.284. The van der Waals surface area contributed by atoms with Gasteiger partial charge in [-0.15, -0.1) is 0 Å². The third-order valence-corrected chi connectivity index (χ3v) is 3.59. The third kappa shape index (κ3) is 3.00. The molecule has 0 aliphatic rings. The summed E-state index contributed by atoms with van der Waals surface area (Å²) in [4.78, 5) is 0. The van der Waals surface area contributed by atoms with Crippen LogP contribution >= 0.6 is 0 Å². The van der Waals surface area contributed by atoms with E-state index in [1.807, 2.05) is 31.2 Å². The molecule has 0 unspecified atom stereocenters. The van der Waals surface area contributed by atoms with E-state index in [-0.39, 0.29) is 5.82 Å². The first-order valence-electron chi connectivity index (χ1n) is 6.94.